The van der Waals surface area contributed by atoms with Gasteiger partial charge in [0.15, 0.2) is 5.78 Å². The van der Waals surface area contributed by atoms with Gasteiger partial charge in [0.2, 0.25) is 5.91 Å². The average molecular weight is 315 g/mol. The number of rotatable bonds is 4. The maximum absolute atomic E-state index is 12.6. The van der Waals surface area contributed by atoms with Crippen LogP contribution in [-0.2, 0) is 4.79 Å². The number of amides is 1. The lowest BCUT2D eigenvalue weighted by Gasteiger charge is -2.27. The molecule has 2 fully saturated rings. The molecule has 0 spiro atoms. The Morgan fingerprint density at radius 1 is 1.09 bits per heavy atom. The lowest BCUT2D eigenvalue weighted by Crippen LogP contribution is -2.33. The first-order valence-electron chi connectivity index (χ1n) is 8.64. The number of nitrogens with zero attached hydrogens (tertiary/aromatic N) is 2. The molecule has 0 radical (unpaired) electrons. The average Bonchev–Trinajstić information content (AvgIpc) is 3.10. The van der Waals surface area contributed by atoms with Gasteiger partial charge in [0, 0.05) is 11.8 Å². The Kier molecular flexibility index (Phi) is 5.06. The van der Waals surface area contributed by atoms with Crippen molar-refractivity contribution in [3.05, 3.63) is 23.9 Å². The van der Waals surface area contributed by atoms with Crippen LogP contribution in [0.15, 0.2) is 18.2 Å². The molecule has 1 saturated carbocycles. The number of pyridine rings is 1. The molecule has 1 amide bonds. The topological polar surface area (TPSA) is 62.3 Å². The first-order valence-corrected chi connectivity index (χ1v) is 8.64. The predicted octanol–water partition coefficient (Wildman–Crippen LogP) is 2.73. The van der Waals surface area contributed by atoms with Gasteiger partial charge >= 0.3 is 0 Å². The normalized spacial score (nSPS) is 20.6. The highest BCUT2D eigenvalue weighted by Crippen LogP contribution is 2.26. The number of piperidine rings is 1. The van der Waals surface area contributed by atoms with Crippen molar-refractivity contribution in [3.63, 3.8) is 0 Å². The molecule has 2 heterocycles. The van der Waals surface area contributed by atoms with E-state index in [2.05, 4.69) is 22.2 Å². The minimum Gasteiger partial charge on any atom is -0.310 e. The molecule has 0 atom stereocenters. The van der Waals surface area contributed by atoms with Crippen LogP contribution in [0.5, 0.6) is 0 Å². The molecule has 1 saturated heterocycles. The number of ketones is 1. The summed E-state index contributed by atoms with van der Waals surface area (Å²) in [5, 5.41) is 2.88. The molecule has 1 aliphatic carbocycles. The fourth-order valence-electron chi connectivity index (χ4n) is 3.54. The van der Waals surface area contributed by atoms with Crippen molar-refractivity contribution < 1.29 is 9.59 Å². The molecule has 1 N–H and O–H groups in total. The summed E-state index contributed by atoms with van der Waals surface area (Å²) in [6.45, 7) is 1.91. The quantitative estimate of drug-likeness (QED) is 0.868. The number of carbonyl (C=O) groups excluding carboxylic acids is 2. The van der Waals surface area contributed by atoms with Crippen LogP contribution in [0.2, 0.25) is 0 Å². The van der Waals surface area contributed by atoms with E-state index in [0.29, 0.717) is 11.5 Å². The Morgan fingerprint density at radius 3 is 2.48 bits per heavy atom. The number of Topliss-reactive ketones (excluding diaryl/α,β-unsaturated/α-hetero) is 1. The summed E-state index contributed by atoms with van der Waals surface area (Å²) in [6, 6.07) is 5.32. The summed E-state index contributed by atoms with van der Waals surface area (Å²) in [6.07, 6.45) is 5.94. The molecule has 1 aromatic rings. The molecule has 5 heteroatoms. The molecule has 0 unspecified atom stereocenters. The lowest BCUT2D eigenvalue weighted by molar-refractivity contribution is -0.119. The molecule has 23 heavy (non-hydrogen) atoms. The van der Waals surface area contributed by atoms with Gasteiger partial charge < -0.3 is 10.2 Å². The van der Waals surface area contributed by atoms with E-state index in [4.69, 9.17) is 0 Å². The molecule has 1 aliphatic heterocycles. The van der Waals surface area contributed by atoms with Crippen LogP contribution in [-0.4, -0.2) is 41.7 Å². The molecule has 1 aromatic heterocycles. The van der Waals surface area contributed by atoms with Gasteiger partial charge in [-0.05, 0) is 58.0 Å². The Balaban J connectivity index is 1.64. The Labute approximate surface area is 137 Å². The Bertz CT molecular complexity index is 573. The third-order valence-electron chi connectivity index (χ3n) is 5.07. The molecule has 2 aliphatic rings. The number of hydrogen-bond donors (Lipinski definition) is 1. The fourth-order valence-corrected chi connectivity index (χ4v) is 3.54. The first kappa shape index (κ1) is 16.1. The highest BCUT2D eigenvalue weighted by atomic mass is 16.2. The zero-order chi connectivity index (χ0) is 16.2. The summed E-state index contributed by atoms with van der Waals surface area (Å²) in [5.41, 5.74) is 0.476. The molecule has 0 aromatic carbocycles. The summed E-state index contributed by atoms with van der Waals surface area (Å²) in [4.78, 5) is 31.4. The van der Waals surface area contributed by atoms with Gasteiger partial charge in [0.25, 0.3) is 0 Å². The molecule has 0 bridgehead atoms. The highest BCUT2D eigenvalue weighted by Gasteiger charge is 2.26. The number of likely N-dealkylation sites (tertiary alicyclic amines) is 1. The van der Waals surface area contributed by atoms with Crippen LogP contribution in [0, 0.1) is 11.8 Å². The van der Waals surface area contributed by atoms with Gasteiger partial charge in [-0.1, -0.05) is 18.9 Å². The van der Waals surface area contributed by atoms with Crippen molar-refractivity contribution in [2.45, 2.75) is 38.5 Å². The van der Waals surface area contributed by atoms with E-state index in [1.54, 1.807) is 18.2 Å². The van der Waals surface area contributed by atoms with Crippen molar-refractivity contribution in [3.8, 4) is 0 Å². The van der Waals surface area contributed by atoms with Gasteiger partial charge in [0.1, 0.15) is 11.5 Å². The van der Waals surface area contributed by atoms with Crippen LogP contribution >= 0.6 is 0 Å². The van der Waals surface area contributed by atoms with Crippen molar-refractivity contribution in [1.82, 2.24) is 9.88 Å². The van der Waals surface area contributed by atoms with E-state index < -0.39 is 0 Å². The van der Waals surface area contributed by atoms with Gasteiger partial charge in [-0.2, -0.15) is 0 Å². The number of anilines is 1. The molecular weight excluding hydrogens is 290 g/mol. The van der Waals surface area contributed by atoms with Crippen LogP contribution < -0.4 is 5.32 Å². The van der Waals surface area contributed by atoms with Crippen LogP contribution in [0.3, 0.4) is 0 Å². The Morgan fingerprint density at radius 2 is 1.78 bits per heavy atom. The minimum atomic E-state index is 0.0406. The third kappa shape index (κ3) is 3.96. The third-order valence-corrected chi connectivity index (χ3v) is 5.07. The maximum atomic E-state index is 12.6. The SMILES string of the molecule is CN1CCC(C(=O)c2cccc(NC(=O)C3CCCC3)n2)CC1. The second-order valence-electron chi connectivity index (χ2n) is 6.82. The van der Waals surface area contributed by atoms with Gasteiger partial charge in [-0.25, -0.2) is 4.98 Å². The van der Waals surface area contributed by atoms with Crippen molar-refractivity contribution in [2.75, 3.05) is 25.5 Å². The van der Waals surface area contributed by atoms with Crippen molar-refractivity contribution in [1.29, 1.82) is 0 Å². The van der Waals surface area contributed by atoms with Crippen LogP contribution in [0.4, 0.5) is 5.82 Å². The largest absolute Gasteiger partial charge is 0.310 e. The van der Waals surface area contributed by atoms with Crippen molar-refractivity contribution >= 4 is 17.5 Å². The van der Waals surface area contributed by atoms with Gasteiger partial charge in [0.05, 0.1) is 0 Å². The van der Waals surface area contributed by atoms with Gasteiger partial charge in [-0.15, -0.1) is 0 Å². The van der Waals surface area contributed by atoms with Crippen LogP contribution in [0.1, 0.15) is 49.0 Å². The van der Waals surface area contributed by atoms with E-state index in [0.717, 1.165) is 51.6 Å². The van der Waals surface area contributed by atoms with Gasteiger partial charge in [-0.3, -0.25) is 9.59 Å². The molecule has 124 valence electrons. The van der Waals surface area contributed by atoms with Crippen molar-refractivity contribution in [2.24, 2.45) is 11.8 Å². The number of nitrogens with one attached hydrogen (secondary N) is 1. The molecule has 5 nitrogen and oxygen atoms in total. The number of aromatic nitrogens is 1. The monoisotopic (exact) mass is 315 g/mol. The summed E-state index contributed by atoms with van der Waals surface area (Å²) in [5.74, 6) is 0.805. The summed E-state index contributed by atoms with van der Waals surface area (Å²) >= 11 is 0. The summed E-state index contributed by atoms with van der Waals surface area (Å²) in [7, 11) is 2.08. The predicted molar refractivity (Wildman–Crippen MR) is 89.4 cm³/mol. The number of carbonyl (C=O) groups is 2. The second kappa shape index (κ2) is 7.21. The Hall–Kier alpha value is -1.75. The van der Waals surface area contributed by atoms with E-state index in [-0.39, 0.29) is 23.5 Å². The first-order chi connectivity index (χ1) is 11.1. The smallest absolute Gasteiger partial charge is 0.228 e. The van der Waals surface area contributed by atoms with E-state index in [1.807, 2.05) is 0 Å². The van der Waals surface area contributed by atoms with Crippen LogP contribution in [0.25, 0.3) is 0 Å². The molecule has 3 rings (SSSR count). The number of hydrogen-bond acceptors (Lipinski definition) is 4. The van der Waals surface area contributed by atoms with E-state index >= 15 is 0 Å². The fraction of sp³-hybridized carbons (Fsp3) is 0.611. The minimum absolute atomic E-state index is 0.0406. The second-order valence-corrected chi connectivity index (χ2v) is 6.82. The van der Waals surface area contributed by atoms with E-state index in [9.17, 15) is 9.59 Å². The highest BCUT2D eigenvalue weighted by molar-refractivity contribution is 5.97. The van der Waals surface area contributed by atoms with E-state index in [1.165, 1.54) is 0 Å². The summed E-state index contributed by atoms with van der Waals surface area (Å²) < 4.78 is 0. The molecular formula is C18H25N3O2. The zero-order valence-corrected chi connectivity index (χ0v) is 13.8. The standard InChI is InChI=1S/C18H25N3O2/c1-21-11-9-13(10-12-21)17(22)15-7-4-8-16(19-15)20-18(23)14-5-2-3-6-14/h4,7-8,13-14H,2-3,5-6,9-12H2,1H3,(H,19,20,23). The zero-order valence-electron chi connectivity index (χ0n) is 13.8. The lowest BCUT2D eigenvalue weighted by atomic mass is 9.91. The maximum Gasteiger partial charge on any atom is 0.228 e.